The largest absolute Gasteiger partial charge is 0.497 e. The number of allylic oxidation sites excluding steroid dienone is 1. The van der Waals surface area contributed by atoms with Crippen LogP contribution in [0, 0.1) is 11.3 Å². The van der Waals surface area contributed by atoms with Gasteiger partial charge in [-0.2, -0.15) is 5.26 Å². The van der Waals surface area contributed by atoms with Crippen molar-refractivity contribution in [2.24, 2.45) is 0 Å². The van der Waals surface area contributed by atoms with E-state index in [9.17, 15) is 10.1 Å². The summed E-state index contributed by atoms with van der Waals surface area (Å²) in [5.41, 5.74) is 0.939. The van der Waals surface area contributed by atoms with Crippen LogP contribution in [0.5, 0.6) is 17.2 Å². The van der Waals surface area contributed by atoms with Crippen molar-refractivity contribution >= 4 is 23.5 Å². The lowest BCUT2D eigenvalue weighted by Crippen LogP contribution is -2.02. The van der Waals surface area contributed by atoms with Crippen LogP contribution in [0.1, 0.15) is 22.8 Å². The summed E-state index contributed by atoms with van der Waals surface area (Å²) in [6.07, 6.45) is 1.47. The molecule has 0 aliphatic heterocycles. The molecule has 0 unspecified atom stereocenters. The van der Waals surface area contributed by atoms with Gasteiger partial charge in [-0.05, 0) is 55.0 Å². The number of hydrogen-bond donors (Lipinski definition) is 0. The standard InChI is InChI=1S/C20H18ClNO4/c1-4-26-20-17(21)10-13(11-18(20)25-3)9-15(12-22)19(23)14-5-7-16(24-2)8-6-14/h5-11H,4H2,1-3H3/b15-9+. The van der Waals surface area contributed by atoms with Gasteiger partial charge in [0.05, 0.1) is 25.8 Å². The van der Waals surface area contributed by atoms with Gasteiger partial charge in [-0.1, -0.05) is 11.6 Å². The summed E-state index contributed by atoms with van der Waals surface area (Å²) in [6.45, 7) is 2.27. The maximum atomic E-state index is 12.6. The lowest BCUT2D eigenvalue weighted by atomic mass is 10.0. The zero-order chi connectivity index (χ0) is 19.1. The molecular formula is C20H18ClNO4. The number of ether oxygens (including phenoxy) is 3. The molecule has 134 valence electrons. The van der Waals surface area contributed by atoms with Gasteiger partial charge in [0.1, 0.15) is 17.4 Å². The van der Waals surface area contributed by atoms with Crippen LogP contribution in [0.15, 0.2) is 42.0 Å². The highest BCUT2D eigenvalue weighted by atomic mass is 35.5. The number of carbonyl (C=O) groups excluding carboxylic acids is 1. The van der Waals surface area contributed by atoms with Crippen LogP contribution in [-0.2, 0) is 0 Å². The fourth-order valence-electron chi connectivity index (χ4n) is 2.32. The second-order valence-corrected chi connectivity index (χ2v) is 5.60. The number of nitrogens with zero attached hydrogens (tertiary/aromatic N) is 1. The van der Waals surface area contributed by atoms with Crippen molar-refractivity contribution in [2.45, 2.75) is 6.92 Å². The van der Waals surface area contributed by atoms with Gasteiger partial charge in [0.25, 0.3) is 0 Å². The molecule has 0 radical (unpaired) electrons. The predicted molar refractivity (Wildman–Crippen MR) is 100 cm³/mol. The first-order valence-corrected chi connectivity index (χ1v) is 8.22. The van der Waals surface area contributed by atoms with Gasteiger partial charge in [-0.3, -0.25) is 4.79 Å². The molecule has 2 rings (SSSR count). The molecule has 0 atom stereocenters. The Balaban J connectivity index is 2.40. The molecule has 6 heteroatoms. The monoisotopic (exact) mass is 371 g/mol. The average Bonchev–Trinajstić information content (AvgIpc) is 2.67. The molecule has 0 aliphatic carbocycles. The van der Waals surface area contributed by atoms with Gasteiger partial charge in [0.2, 0.25) is 5.78 Å². The molecule has 0 heterocycles. The molecule has 0 saturated heterocycles. The van der Waals surface area contributed by atoms with E-state index in [1.165, 1.54) is 13.2 Å². The van der Waals surface area contributed by atoms with Crippen LogP contribution in [0.2, 0.25) is 5.02 Å². The number of halogens is 1. The summed E-state index contributed by atoms with van der Waals surface area (Å²) in [4.78, 5) is 12.6. The van der Waals surface area contributed by atoms with E-state index in [1.54, 1.807) is 43.5 Å². The van der Waals surface area contributed by atoms with E-state index < -0.39 is 0 Å². The summed E-state index contributed by atoms with van der Waals surface area (Å²) >= 11 is 6.23. The SMILES string of the molecule is CCOc1c(Cl)cc(/C=C(\C#N)C(=O)c2ccc(OC)cc2)cc1OC. The molecular weight excluding hydrogens is 354 g/mol. The lowest BCUT2D eigenvalue weighted by molar-refractivity contribution is 0.104. The number of nitriles is 1. The number of ketones is 1. The smallest absolute Gasteiger partial charge is 0.203 e. The van der Waals surface area contributed by atoms with E-state index in [4.69, 9.17) is 25.8 Å². The Bertz CT molecular complexity index is 867. The Labute approximate surface area is 157 Å². The van der Waals surface area contributed by atoms with Crippen molar-refractivity contribution < 1.29 is 19.0 Å². The van der Waals surface area contributed by atoms with Gasteiger partial charge < -0.3 is 14.2 Å². The molecule has 26 heavy (non-hydrogen) atoms. The number of methoxy groups -OCH3 is 2. The van der Waals surface area contributed by atoms with Crippen LogP contribution < -0.4 is 14.2 Å². The quantitative estimate of drug-likeness (QED) is 0.406. The number of hydrogen-bond acceptors (Lipinski definition) is 5. The van der Waals surface area contributed by atoms with E-state index >= 15 is 0 Å². The molecule has 5 nitrogen and oxygen atoms in total. The van der Waals surface area contributed by atoms with Crippen molar-refractivity contribution in [3.05, 3.63) is 58.1 Å². The van der Waals surface area contributed by atoms with E-state index in [2.05, 4.69) is 0 Å². The second-order valence-electron chi connectivity index (χ2n) is 5.19. The normalized spacial score (nSPS) is 10.8. The minimum Gasteiger partial charge on any atom is -0.497 e. The average molecular weight is 372 g/mol. The van der Waals surface area contributed by atoms with E-state index in [-0.39, 0.29) is 11.4 Å². The summed E-state index contributed by atoms with van der Waals surface area (Å²) < 4.78 is 15.8. The Morgan fingerprint density at radius 3 is 2.42 bits per heavy atom. The summed E-state index contributed by atoms with van der Waals surface area (Å²) in [6, 6.07) is 11.8. The van der Waals surface area contributed by atoms with Crippen LogP contribution in [0.4, 0.5) is 0 Å². The van der Waals surface area contributed by atoms with Crippen molar-refractivity contribution in [2.75, 3.05) is 20.8 Å². The summed E-state index contributed by atoms with van der Waals surface area (Å²) in [5, 5.41) is 9.74. The van der Waals surface area contributed by atoms with E-state index in [0.29, 0.717) is 40.0 Å². The molecule has 0 aliphatic rings. The Hall–Kier alpha value is -2.97. The molecule has 0 saturated carbocycles. The Kier molecular flexibility index (Phi) is 6.65. The minimum absolute atomic E-state index is 0.0163. The molecule has 0 aromatic heterocycles. The fourth-order valence-corrected chi connectivity index (χ4v) is 2.59. The third-order valence-corrected chi connectivity index (χ3v) is 3.85. The Morgan fingerprint density at radius 1 is 1.19 bits per heavy atom. The first-order valence-electron chi connectivity index (χ1n) is 7.84. The van der Waals surface area contributed by atoms with Crippen LogP contribution in [-0.4, -0.2) is 26.6 Å². The maximum absolute atomic E-state index is 12.6. The number of rotatable bonds is 7. The third-order valence-electron chi connectivity index (χ3n) is 3.57. The zero-order valence-electron chi connectivity index (χ0n) is 14.7. The van der Waals surface area contributed by atoms with Crippen molar-refractivity contribution in [1.82, 2.24) is 0 Å². The molecule has 2 aromatic carbocycles. The Morgan fingerprint density at radius 2 is 1.88 bits per heavy atom. The van der Waals surface area contributed by atoms with Crippen molar-refractivity contribution in [1.29, 1.82) is 5.26 Å². The highest BCUT2D eigenvalue weighted by Gasteiger charge is 2.15. The van der Waals surface area contributed by atoms with Crippen molar-refractivity contribution in [3.8, 4) is 23.3 Å². The van der Waals surface area contributed by atoms with Crippen LogP contribution in [0.25, 0.3) is 6.08 Å². The first-order chi connectivity index (χ1) is 12.5. The molecule has 0 N–H and O–H groups in total. The van der Waals surface area contributed by atoms with E-state index in [0.717, 1.165) is 0 Å². The molecule has 0 bridgehead atoms. The fraction of sp³-hybridized carbons (Fsp3) is 0.200. The second kappa shape index (κ2) is 8.93. The van der Waals surface area contributed by atoms with E-state index in [1.807, 2.05) is 13.0 Å². The van der Waals surface area contributed by atoms with Crippen LogP contribution >= 0.6 is 11.6 Å². The predicted octanol–water partition coefficient (Wildman–Crippen LogP) is 4.55. The highest BCUT2D eigenvalue weighted by Crippen LogP contribution is 2.37. The number of benzene rings is 2. The van der Waals surface area contributed by atoms with Crippen LogP contribution in [0.3, 0.4) is 0 Å². The van der Waals surface area contributed by atoms with Crippen molar-refractivity contribution in [3.63, 3.8) is 0 Å². The molecule has 0 spiro atoms. The molecule has 2 aromatic rings. The highest BCUT2D eigenvalue weighted by molar-refractivity contribution is 6.32. The van der Waals surface area contributed by atoms with Gasteiger partial charge in [-0.25, -0.2) is 0 Å². The molecule has 0 fully saturated rings. The minimum atomic E-state index is -0.390. The first kappa shape index (κ1) is 19.4. The summed E-state index contributed by atoms with van der Waals surface area (Å²) in [7, 11) is 3.04. The van der Waals surface area contributed by atoms with Gasteiger partial charge in [-0.15, -0.1) is 0 Å². The van der Waals surface area contributed by atoms with Gasteiger partial charge in [0, 0.05) is 5.56 Å². The zero-order valence-corrected chi connectivity index (χ0v) is 15.5. The lowest BCUT2D eigenvalue weighted by Gasteiger charge is -2.12. The molecule has 0 amide bonds. The maximum Gasteiger partial charge on any atom is 0.203 e. The van der Waals surface area contributed by atoms with Gasteiger partial charge >= 0.3 is 0 Å². The summed E-state index contributed by atoms with van der Waals surface area (Å²) in [5.74, 6) is 1.10. The van der Waals surface area contributed by atoms with Gasteiger partial charge in [0.15, 0.2) is 11.5 Å². The number of Topliss-reactive ketones (excluding diaryl/α,β-unsaturated/α-hetero) is 1. The number of carbonyl (C=O) groups is 1. The topological polar surface area (TPSA) is 68.5 Å². The third kappa shape index (κ3) is 4.35.